The number of piperidine rings is 1. The molecule has 1 aromatic heterocycles. The molecule has 0 spiro atoms. The molecule has 1 amide bonds. The summed E-state index contributed by atoms with van der Waals surface area (Å²) in [5.74, 6) is 0.371. The van der Waals surface area contributed by atoms with Gasteiger partial charge in [0, 0.05) is 25.0 Å². The maximum Gasteiger partial charge on any atom is 0.274 e. The van der Waals surface area contributed by atoms with E-state index in [1.54, 1.807) is 12.4 Å². The zero-order chi connectivity index (χ0) is 12.3. The van der Waals surface area contributed by atoms with Crippen molar-refractivity contribution >= 4 is 5.91 Å². The van der Waals surface area contributed by atoms with Crippen LogP contribution in [0.1, 0.15) is 30.3 Å². The molecule has 5 heteroatoms. The quantitative estimate of drug-likeness (QED) is 0.816. The maximum absolute atomic E-state index is 12.3. The van der Waals surface area contributed by atoms with Crippen LogP contribution in [0.5, 0.6) is 0 Å². The Bertz CT molecular complexity index is 381. The van der Waals surface area contributed by atoms with Crippen LogP contribution < -0.4 is 5.73 Å². The highest BCUT2D eigenvalue weighted by molar-refractivity contribution is 5.92. The molecule has 2 unspecified atom stereocenters. The first-order valence-corrected chi connectivity index (χ1v) is 5.99. The van der Waals surface area contributed by atoms with Gasteiger partial charge in [0.2, 0.25) is 0 Å². The van der Waals surface area contributed by atoms with Gasteiger partial charge in [0.15, 0.2) is 0 Å². The Hall–Kier alpha value is -1.49. The van der Waals surface area contributed by atoms with Crippen LogP contribution in [0.15, 0.2) is 18.6 Å². The predicted octanol–water partition coefficient (Wildman–Crippen LogP) is 0.676. The van der Waals surface area contributed by atoms with Gasteiger partial charge in [-0.15, -0.1) is 0 Å². The van der Waals surface area contributed by atoms with Crippen molar-refractivity contribution in [3.8, 4) is 0 Å². The lowest BCUT2D eigenvalue weighted by Crippen LogP contribution is -2.47. The fraction of sp³-hybridized carbons (Fsp3) is 0.583. The lowest BCUT2D eigenvalue weighted by atomic mass is 9.93. The van der Waals surface area contributed by atoms with Gasteiger partial charge >= 0.3 is 0 Å². The topological polar surface area (TPSA) is 72.1 Å². The molecule has 17 heavy (non-hydrogen) atoms. The van der Waals surface area contributed by atoms with Crippen molar-refractivity contribution in [1.29, 1.82) is 0 Å². The fourth-order valence-corrected chi connectivity index (χ4v) is 2.21. The van der Waals surface area contributed by atoms with Crippen molar-refractivity contribution in [1.82, 2.24) is 14.9 Å². The zero-order valence-corrected chi connectivity index (χ0v) is 10.0. The third-order valence-electron chi connectivity index (χ3n) is 3.36. The summed E-state index contributed by atoms with van der Waals surface area (Å²) in [4.78, 5) is 22.1. The Kier molecular flexibility index (Phi) is 3.68. The van der Waals surface area contributed by atoms with E-state index in [0.717, 1.165) is 19.4 Å². The predicted molar refractivity (Wildman–Crippen MR) is 64.3 cm³/mol. The average molecular weight is 234 g/mol. The van der Waals surface area contributed by atoms with Crippen LogP contribution in [0, 0.1) is 5.92 Å². The molecule has 1 aliphatic rings. The SMILES string of the molecule is CC1CCC(CN)CN1C(=O)c1cnccn1. The Balaban J connectivity index is 2.12. The van der Waals surface area contributed by atoms with E-state index in [2.05, 4.69) is 16.9 Å². The fourth-order valence-electron chi connectivity index (χ4n) is 2.21. The molecule has 1 aromatic rings. The van der Waals surface area contributed by atoms with Crippen LogP contribution in [0.2, 0.25) is 0 Å². The van der Waals surface area contributed by atoms with E-state index in [1.165, 1.54) is 6.20 Å². The molecule has 2 rings (SSSR count). The highest BCUT2D eigenvalue weighted by Gasteiger charge is 2.29. The van der Waals surface area contributed by atoms with E-state index >= 15 is 0 Å². The average Bonchev–Trinajstić information content (AvgIpc) is 2.39. The Labute approximate surface area is 101 Å². The zero-order valence-electron chi connectivity index (χ0n) is 10.0. The van der Waals surface area contributed by atoms with Gasteiger partial charge in [0.25, 0.3) is 5.91 Å². The normalized spacial score (nSPS) is 24.7. The summed E-state index contributed by atoms with van der Waals surface area (Å²) in [6.07, 6.45) is 6.73. The van der Waals surface area contributed by atoms with Gasteiger partial charge < -0.3 is 10.6 Å². The number of hydrogen-bond acceptors (Lipinski definition) is 4. The number of likely N-dealkylation sites (tertiary alicyclic amines) is 1. The van der Waals surface area contributed by atoms with Gasteiger partial charge in [0.05, 0.1) is 6.20 Å². The van der Waals surface area contributed by atoms with Crippen LogP contribution >= 0.6 is 0 Å². The van der Waals surface area contributed by atoms with E-state index < -0.39 is 0 Å². The molecule has 92 valence electrons. The minimum Gasteiger partial charge on any atom is -0.334 e. The second kappa shape index (κ2) is 5.23. The summed E-state index contributed by atoms with van der Waals surface area (Å²) >= 11 is 0. The Morgan fingerprint density at radius 3 is 3.00 bits per heavy atom. The summed E-state index contributed by atoms with van der Waals surface area (Å²) in [6, 6.07) is 0.257. The first-order valence-electron chi connectivity index (χ1n) is 5.99. The molecule has 5 nitrogen and oxygen atoms in total. The van der Waals surface area contributed by atoms with Gasteiger partial charge in [0.1, 0.15) is 5.69 Å². The molecule has 1 aliphatic heterocycles. The number of carbonyl (C=O) groups excluding carboxylic acids is 1. The Morgan fingerprint density at radius 1 is 1.53 bits per heavy atom. The van der Waals surface area contributed by atoms with E-state index in [9.17, 15) is 4.79 Å². The molecular weight excluding hydrogens is 216 g/mol. The standard InChI is InChI=1S/C12H18N4O/c1-9-2-3-10(6-13)8-16(9)12(17)11-7-14-4-5-15-11/h4-5,7,9-10H,2-3,6,8,13H2,1H3. The van der Waals surface area contributed by atoms with Crippen molar-refractivity contribution in [2.24, 2.45) is 11.7 Å². The monoisotopic (exact) mass is 234 g/mol. The van der Waals surface area contributed by atoms with Crippen LogP contribution in [0.3, 0.4) is 0 Å². The first kappa shape index (κ1) is 12.0. The second-order valence-electron chi connectivity index (χ2n) is 4.58. The van der Waals surface area contributed by atoms with Crippen molar-refractivity contribution in [2.45, 2.75) is 25.8 Å². The molecular formula is C12H18N4O. The van der Waals surface area contributed by atoms with Crippen LogP contribution in [0.25, 0.3) is 0 Å². The minimum absolute atomic E-state index is 0.0382. The number of hydrogen-bond donors (Lipinski definition) is 1. The van der Waals surface area contributed by atoms with Gasteiger partial charge in [-0.2, -0.15) is 0 Å². The summed E-state index contributed by atoms with van der Waals surface area (Å²) in [7, 11) is 0. The lowest BCUT2D eigenvalue weighted by Gasteiger charge is -2.37. The molecule has 2 heterocycles. The molecule has 0 aliphatic carbocycles. The van der Waals surface area contributed by atoms with Gasteiger partial charge in [-0.1, -0.05) is 0 Å². The largest absolute Gasteiger partial charge is 0.334 e. The number of nitrogens with zero attached hydrogens (tertiary/aromatic N) is 3. The van der Waals surface area contributed by atoms with E-state index in [0.29, 0.717) is 18.2 Å². The van der Waals surface area contributed by atoms with E-state index in [4.69, 9.17) is 5.73 Å². The van der Waals surface area contributed by atoms with Crippen LogP contribution in [-0.4, -0.2) is 39.9 Å². The molecule has 0 bridgehead atoms. The smallest absolute Gasteiger partial charge is 0.274 e. The molecule has 0 saturated carbocycles. The van der Waals surface area contributed by atoms with Gasteiger partial charge in [-0.25, -0.2) is 4.98 Å². The lowest BCUT2D eigenvalue weighted by molar-refractivity contribution is 0.0560. The number of carbonyl (C=O) groups is 1. The Morgan fingerprint density at radius 2 is 2.35 bits per heavy atom. The molecule has 0 radical (unpaired) electrons. The summed E-state index contributed by atoms with van der Waals surface area (Å²) < 4.78 is 0. The van der Waals surface area contributed by atoms with Gasteiger partial charge in [-0.05, 0) is 32.2 Å². The molecule has 2 N–H and O–H groups in total. The number of rotatable bonds is 2. The minimum atomic E-state index is -0.0382. The van der Waals surface area contributed by atoms with E-state index in [-0.39, 0.29) is 11.9 Å². The van der Waals surface area contributed by atoms with E-state index in [1.807, 2.05) is 4.90 Å². The summed E-state index contributed by atoms with van der Waals surface area (Å²) in [5, 5.41) is 0. The van der Waals surface area contributed by atoms with Crippen molar-refractivity contribution in [2.75, 3.05) is 13.1 Å². The summed E-state index contributed by atoms with van der Waals surface area (Å²) in [5.41, 5.74) is 6.10. The molecule has 1 fully saturated rings. The highest BCUT2D eigenvalue weighted by atomic mass is 16.2. The first-order chi connectivity index (χ1) is 8.22. The maximum atomic E-state index is 12.3. The van der Waals surface area contributed by atoms with Crippen molar-refractivity contribution in [3.63, 3.8) is 0 Å². The number of amides is 1. The molecule has 1 saturated heterocycles. The third-order valence-corrected chi connectivity index (χ3v) is 3.36. The molecule has 0 aromatic carbocycles. The second-order valence-corrected chi connectivity index (χ2v) is 4.58. The van der Waals surface area contributed by atoms with Crippen molar-refractivity contribution in [3.05, 3.63) is 24.3 Å². The molecule has 2 atom stereocenters. The highest BCUT2D eigenvalue weighted by Crippen LogP contribution is 2.22. The number of aromatic nitrogens is 2. The van der Waals surface area contributed by atoms with Crippen molar-refractivity contribution < 1.29 is 4.79 Å². The van der Waals surface area contributed by atoms with Crippen LogP contribution in [0.4, 0.5) is 0 Å². The third kappa shape index (κ3) is 2.61. The number of nitrogens with two attached hydrogens (primary N) is 1. The summed E-state index contributed by atoms with van der Waals surface area (Å²) in [6.45, 7) is 3.44. The van der Waals surface area contributed by atoms with Gasteiger partial charge in [-0.3, -0.25) is 9.78 Å². The van der Waals surface area contributed by atoms with Crippen LogP contribution in [-0.2, 0) is 0 Å².